The molecule has 0 aliphatic heterocycles. The molecule has 0 aliphatic carbocycles. The average molecular weight is 364 g/mol. The fourth-order valence-electron chi connectivity index (χ4n) is 2.46. The molecule has 2 aromatic rings. The van der Waals surface area contributed by atoms with Crippen LogP contribution in [0.4, 0.5) is 0 Å². The number of ether oxygens (including phenoxy) is 1. The second-order valence-electron chi connectivity index (χ2n) is 5.62. The van der Waals surface area contributed by atoms with Crippen molar-refractivity contribution in [3.05, 3.63) is 64.2 Å². The molecule has 0 heterocycles. The summed E-state index contributed by atoms with van der Waals surface area (Å²) < 4.78 is 5.36. The Bertz CT molecular complexity index is 706. The molecule has 0 aliphatic rings. The maximum atomic E-state index is 12.1. The van der Waals surface area contributed by atoms with Crippen molar-refractivity contribution in [1.82, 2.24) is 5.32 Å². The van der Waals surface area contributed by atoms with Crippen LogP contribution in [0.1, 0.15) is 29.7 Å². The van der Waals surface area contributed by atoms with E-state index in [2.05, 4.69) is 11.4 Å². The normalized spacial score (nSPS) is 11.8. The number of hydrogen-bond donors (Lipinski definition) is 1. The third kappa shape index (κ3) is 5.18. The molecular weight excluding hydrogens is 342 g/mol. The van der Waals surface area contributed by atoms with Gasteiger partial charge in [-0.2, -0.15) is 0 Å². The van der Waals surface area contributed by atoms with Crippen molar-refractivity contribution in [3.8, 4) is 5.75 Å². The first-order valence-corrected chi connectivity index (χ1v) is 9.29. The van der Waals surface area contributed by atoms with Gasteiger partial charge in [-0.15, -0.1) is 11.8 Å². The molecule has 0 spiro atoms. The highest BCUT2D eigenvalue weighted by molar-refractivity contribution is 7.99. The predicted octanol–water partition coefficient (Wildman–Crippen LogP) is 4.77. The van der Waals surface area contributed by atoms with Gasteiger partial charge in [-0.25, -0.2) is 0 Å². The molecule has 24 heavy (non-hydrogen) atoms. The Hall–Kier alpha value is -1.65. The maximum absolute atomic E-state index is 12.1. The van der Waals surface area contributed by atoms with Gasteiger partial charge in [-0.1, -0.05) is 47.5 Å². The number of hydrogen-bond acceptors (Lipinski definition) is 3. The molecule has 5 heteroatoms. The van der Waals surface area contributed by atoms with Gasteiger partial charge in [-0.3, -0.25) is 4.79 Å². The zero-order chi connectivity index (χ0) is 17.5. The Morgan fingerprint density at radius 2 is 2.04 bits per heavy atom. The number of amides is 1. The van der Waals surface area contributed by atoms with Gasteiger partial charge in [-0.05, 0) is 31.5 Å². The highest BCUT2D eigenvalue weighted by Crippen LogP contribution is 2.25. The molecule has 0 saturated carbocycles. The molecule has 0 fully saturated rings. The molecule has 0 aromatic heterocycles. The van der Waals surface area contributed by atoms with Crippen LogP contribution in [0.5, 0.6) is 5.75 Å². The van der Waals surface area contributed by atoms with E-state index in [4.69, 9.17) is 16.3 Å². The van der Waals surface area contributed by atoms with Gasteiger partial charge in [0.25, 0.3) is 0 Å². The van der Waals surface area contributed by atoms with E-state index < -0.39 is 0 Å². The van der Waals surface area contributed by atoms with E-state index in [9.17, 15) is 4.79 Å². The largest absolute Gasteiger partial charge is 0.496 e. The number of halogens is 1. The van der Waals surface area contributed by atoms with E-state index in [1.54, 1.807) is 18.9 Å². The SMILES string of the molecule is COc1ccc(C)cc1CSCC(=O)N[C@H](C)c1ccccc1Cl. The minimum atomic E-state index is -0.111. The Morgan fingerprint density at radius 1 is 1.29 bits per heavy atom. The molecule has 3 nitrogen and oxygen atoms in total. The summed E-state index contributed by atoms with van der Waals surface area (Å²) in [5.41, 5.74) is 3.22. The number of methoxy groups -OCH3 is 1. The van der Waals surface area contributed by atoms with Gasteiger partial charge in [0.05, 0.1) is 18.9 Å². The van der Waals surface area contributed by atoms with Crippen LogP contribution < -0.4 is 10.1 Å². The number of carbonyl (C=O) groups is 1. The zero-order valence-electron chi connectivity index (χ0n) is 14.1. The van der Waals surface area contributed by atoms with Crippen LogP contribution in [-0.4, -0.2) is 18.8 Å². The highest BCUT2D eigenvalue weighted by atomic mass is 35.5. The van der Waals surface area contributed by atoms with E-state index in [-0.39, 0.29) is 11.9 Å². The smallest absolute Gasteiger partial charge is 0.230 e. The summed E-state index contributed by atoms with van der Waals surface area (Å²) in [6.45, 7) is 3.99. The standard InChI is InChI=1S/C19H22ClNO2S/c1-13-8-9-18(23-3)15(10-13)11-24-12-19(22)21-14(2)16-6-4-5-7-17(16)20/h4-10,14H,11-12H2,1-3H3,(H,21,22)/t14-/m1/s1. The van der Waals surface area contributed by atoms with Gasteiger partial charge < -0.3 is 10.1 Å². The van der Waals surface area contributed by atoms with E-state index in [0.717, 1.165) is 22.6 Å². The lowest BCUT2D eigenvalue weighted by molar-refractivity contribution is -0.119. The minimum Gasteiger partial charge on any atom is -0.496 e. The molecule has 2 rings (SSSR count). The second-order valence-corrected chi connectivity index (χ2v) is 7.01. The summed E-state index contributed by atoms with van der Waals surface area (Å²) in [6.07, 6.45) is 0. The summed E-state index contributed by atoms with van der Waals surface area (Å²) in [5.74, 6) is 1.99. The van der Waals surface area contributed by atoms with Crippen LogP contribution in [0, 0.1) is 6.92 Å². The van der Waals surface area contributed by atoms with E-state index in [0.29, 0.717) is 10.8 Å². The molecule has 128 valence electrons. The molecule has 1 amide bonds. The van der Waals surface area contributed by atoms with Crippen molar-refractivity contribution >= 4 is 29.3 Å². The Kier molecular flexibility index (Phi) is 7.00. The third-order valence-electron chi connectivity index (χ3n) is 3.68. The Balaban J connectivity index is 1.86. The van der Waals surface area contributed by atoms with Crippen molar-refractivity contribution in [3.63, 3.8) is 0 Å². The quantitative estimate of drug-likeness (QED) is 0.770. The fraction of sp³-hybridized carbons (Fsp3) is 0.316. The van der Waals surface area contributed by atoms with E-state index in [1.165, 1.54) is 5.56 Å². The predicted molar refractivity (Wildman–Crippen MR) is 102 cm³/mol. The van der Waals surface area contributed by atoms with Gasteiger partial charge >= 0.3 is 0 Å². The van der Waals surface area contributed by atoms with Gasteiger partial charge in [0, 0.05) is 16.3 Å². The molecule has 1 atom stereocenters. The van der Waals surface area contributed by atoms with Crippen molar-refractivity contribution in [2.45, 2.75) is 25.6 Å². The summed E-state index contributed by atoms with van der Waals surface area (Å²) in [7, 11) is 1.66. The van der Waals surface area contributed by atoms with Crippen molar-refractivity contribution in [2.24, 2.45) is 0 Å². The fourth-order valence-corrected chi connectivity index (χ4v) is 3.58. The first-order chi connectivity index (χ1) is 11.5. The Labute approximate surface area is 152 Å². The van der Waals surface area contributed by atoms with Crippen molar-refractivity contribution in [1.29, 1.82) is 0 Å². The number of carbonyl (C=O) groups excluding carboxylic acids is 1. The summed E-state index contributed by atoms with van der Waals surface area (Å²) in [4.78, 5) is 12.1. The molecule has 0 bridgehead atoms. The van der Waals surface area contributed by atoms with Crippen LogP contribution in [0.3, 0.4) is 0 Å². The van der Waals surface area contributed by atoms with Crippen molar-refractivity contribution < 1.29 is 9.53 Å². The summed E-state index contributed by atoms with van der Waals surface area (Å²) in [5, 5.41) is 3.66. The van der Waals surface area contributed by atoms with Gasteiger partial charge in [0.1, 0.15) is 5.75 Å². The van der Waals surface area contributed by atoms with E-state index in [1.807, 2.05) is 50.2 Å². The lowest BCUT2D eigenvalue weighted by Crippen LogP contribution is -2.28. The molecule has 1 N–H and O–H groups in total. The molecule has 2 aromatic carbocycles. The molecule has 0 unspecified atom stereocenters. The summed E-state index contributed by atoms with van der Waals surface area (Å²) >= 11 is 7.73. The molecule has 0 saturated heterocycles. The van der Waals surface area contributed by atoms with Crippen LogP contribution in [0.25, 0.3) is 0 Å². The lowest BCUT2D eigenvalue weighted by Gasteiger charge is -2.15. The number of thioether (sulfide) groups is 1. The number of aryl methyl sites for hydroxylation is 1. The van der Waals surface area contributed by atoms with Crippen LogP contribution in [0.2, 0.25) is 5.02 Å². The average Bonchev–Trinajstić information content (AvgIpc) is 2.55. The molecular formula is C19H22ClNO2S. The third-order valence-corrected chi connectivity index (χ3v) is 5.00. The number of benzene rings is 2. The number of rotatable bonds is 7. The highest BCUT2D eigenvalue weighted by Gasteiger charge is 2.12. The van der Waals surface area contributed by atoms with Crippen LogP contribution in [0.15, 0.2) is 42.5 Å². The number of nitrogens with one attached hydrogen (secondary N) is 1. The summed E-state index contributed by atoms with van der Waals surface area (Å²) in [6, 6.07) is 13.5. The Morgan fingerprint density at radius 3 is 2.75 bits per heavy atom. The lowest BCUT2D eigenvalue weighted by atomic mass is 10.1. The maximum Gasteiger partial charge on any atom is 0.230 e. The van der Waals surface area contributed by atoms with Crippen molar-refractivity contribution in [2.75, 3.05) is 12.9 Å². The topological polar surface area (TPSA) is 38.3 Å². The van der Waals surface area contributed by atoms with Crippen LogP contribution >= 0.6 is 23.4 Å². The zero-order valence-corrected chi connectivity index (χ0v) is 15.7. The first-order valence-electron chi connectivity index (χ1n) is 7.76. The second kappa shape index (κ2) is 9.00. The van der Waals surface area contributed by atoms with E-state index >= 15 is 0 Å². The van der Waals surface area contributed by atoms with Gasteiger partial charge in [0.2, 0.25) is 5.91 Å². The minimum absolute atomic E-state index is 0.000889. The first kappa shape index (κ1) is 18.7. The van der Waals surface area contributed by atoms with Crippen LogP contribution in [-0.2, 0) is 10.5 Å². The monoisotopic (exact) mass is 363 g/mol. The van der Waals surface area contributed by atoms with Gasteiger partial charge in [0.15, 0.2) is 0 Å². The molecule has 0 radical (unpaired) electrons.